The molecule has 1 atom stereocenters. The number of amides is 2. The first-order valence-electron chi connectivity index (χ1n) is 12.5. The van der Waals surface area contributed by atoms with Crippen LogP contribution in [0.3, 0.4) is 0 Å². The van der Waals surface area contributed by atoms with E-state index in [-0.39, 0.29) is 17.7 Å². The van der Waals surface area contributed by atoms with Gasteiger partial charge in [-0.25, -0.2) is 17.5 Å². The van der Waals surface area contributed by atoms with Crippen LogP contribution in [0.1, 0.15) is 40.7 Å². The van der Waals surface area contributed by atoms with Crippen molar-refractivity contribution in [2.24, 2.45) is 5.92 Å². The predicted molar refractivity (Wildman–Crippen MR) is 138 cm³/mol. The smallest absolute Gasteiger partial charge is 0.340 e. The zero-order valence-corrected chi connectivity index (χ0v) is 21.8. The molecule has 40 heavy (non-hydrogen) atoms. The number of hydrogen-bond donors (Lipinski definition) is 3. The number of anilines is 1. The van der Waals surface area contributed by atoms with Crippen LogP contribution < -0.4 is 15.4 Å². The molecule has 3 aliphatic rings. The number of carbonyl (C=O) groups is 2. The second kappa shape index (κ2) is 10.3. The third-order valence-electron chi connectivity index (χ3n) is 7.24. The van der Waals surface area contributed by atoms with Gasteiger partial charge in [0.05, 0.1) is 10.5 Å². The molecule has 3 N–H and O–H groups in total. The maximum atomic E-state index is 14.0. The van der Waals surface area contributed by atoms with Gasteiger partial charge >= 0.3 is 6.18 Å². The summed E-state index contributed by atoms with van der Waals surface area (Å²) in [5.41, 5.74) is -1.64. The minimum Gasteiger partial charge on any atom is -0.340 e. The predicted octanol–water partition coefficient (Wildman–Crippen LogP) is 4.66. The Hall–Kier alpha value is -3.77. The number of halogens is 4. The summed E-state index contributed by atoms with van der Waals surface area (Å²) < 4.78 is 83.4. The molecule has 2 amide bonds. The van der Waals surface area contributed by atoms with Crippen molar-refractivity contribution in [1.82, 2.24) is 10.0 Å². The highest BCUT2D eigenvalue weighted by Gasteiger charge is 2.58. The molecule has 3 aliphatic carbocycles. The van der Waals surface area contributed by atoms with Crippen molar-refractivity contribution in [3.63, 3.8) is 0 Å². The second-order valence-electron chi connectivity index (χ2n) is 10.3. The number of sulfonamides is 1. The van der Waals surface area contributed by atoms with Crippen LogP contribution in [0.15, 0.2) is 77.7 Å². The number of benzene rings is 3. The van der Waals surface area contributed by atoms with Gasteiger partial charge in [0.2, 0.25) is 15.9 Å². The molecule has 3 saturated carbocycles. The van der Waals surface area contributed by atoms with Crippen LogP contribution in [0, 0.1) is 11.7 Å². The van der Waals surface area contributed by atoms with Crippen molar-refractivity contribution in [2.75, 3.05) is 5.32 Å². The third-order valence-corrected chi connectivity index (χ3v) is 8.88. The molecular weight excluding hydrogens is 550 g/mol. The molecule has 3 fully saturated rings. The van der Waals surface area contributed by atoms with Gasteiger partial charge in [-0.1, -0.05) is 30.3 Å². The van der Waals surface area contributed by atoms with Crippen molar-refractivity contribution in [2.45, 2.75) is 48.3 Å². The van der Waals surface area contributed by atoms with Crippen molar-refractivity contribution in [3.05, 3.63) is 95.3 Å². The van der Waals surface area contributed by atoms with E-state index < -0.39 is 55.9 Å². The minimum absolute atomic E-state index is 0.00515. The first kappa shape index (κ1) is 27.8. The van der Waals surface area contributed by atoms with E-state index in [0.717, 1.165) is 24.3 Å². The number of nitrogens with one attached hydrogen (secondary N) is 3. The Labute approximate surface area is 228 Å². The van der Waals surface area contributed by atoms with Gasteiger partial charge < -0.3 is 10.6 Å². The summed E-state index contributed by atoms with van der Waals surface area (Å²) in [6.07, 6.45) is -3.20. The first-order chi connectivity index (χ1) is 18.8. The van der Waals surface area contributed by atoms with Gasteiger partial charge in [0, 0.05) is 23.2 Å². The average Bonchev–Trinajstić information content (AvgIpc) is 2.85. The molecule has 0 unspecified atom stereocenters. The molecule has 0 aliphatic heterocycles. The van der Waals surface area contributed by atoms with E-state index in [4.69, 9.17) is 0 Å². The zero-order chi connectivity index (χ0) is 28.7. The molecule has 3 aromatic rings. The largest absolute Gasteiger partial charge is 0.417 e. The third kappa shape index (κ3) is 5.87. The molecule has 0 aromatic heterocycles. The fourth-order valence-corrected chi connectivity index (χ4v) is 6.78. The van der Waals surface area contributed by atoms with Gasteiger partial charge in [-0.15, -0.1) is 0 Å². The molecule has 6 rings (SSSR count). The number of carbonyl (C=O) groups excluding carboxylic acids is 2. The standard InChI is InChI=1S/C28H25F4N3O4S/c29-20-8-6-19(7-9-20)25(36)34-23(12-17-4-2-1-3-5-17)26(37)33-21-10-11-24(22(13-21)28(30,31)32)40(38,39)35-27-14-18(15-27)16-27/h1-11,13,18,23,35H,12,14-16H2,(H,33,37)(H,34,36)/t18?,23-,27?/m0/s1. The maximum absolute atomic E-state index is 14.0. The zero-order valence-electron chi connectivity index (χ0n) is 21.0. The van der Waals surface area contributed by atoms with Crippen LogP contribution in [0.4, 0.5) is 23.2 Å². The topological polar surface area (TPSA) is 104 Å². The van der Waals surface area contributed by atoms with E-state index in [1.165, 1.54) is 12.1 Å². The van der Waals surface area contributed by atoms with Gasteiger partial charge in [-0.2, -0.15) is 13.2 Å². The molecule has 0 saturated heterocycles. The summed E-state index contributed by atoms with van der Waals surface area (Å²) in [4.78, 5) is 25.1. The fourth-order valence-electron chi connectivity index (χ4n) is 5.14. The summed E-state index contributed by atoms with van der Waals surface area (Å²) in [7, 11) is -4.47. The lowest BCUT2D eigenvalue weighted by Crippen LogP contribution is -2.68. The fraction of sp³-hybridized carbons (Fsp3) is 0.286. The highest BCUT2D eigenvalue weighted by molar-refractivity contribution is 7.89. The summed E-state index contributed by atoms with van der Waals surface area (Å²) in [5.74, 6) is -1.65. The van der Waals surface area contributed by atoms with Crippen molar-refractivity contribution >= 4 is 27.5 Å². The van der Waals surface area contributed by atoms with Crippen LogP contribution >= 0.6 is 0 Å². The van der Waals surface area contributed by atoms with Crippen LogP contribution in [-0.4, -0.2) is 31.8 Å². The lowest BCUT2D eigenvalue weighted by Gasteiger charge is -2.61. The molecule has 210 valence electrons. The molecule has 0 heterocycles. The minimum atomic E-state index is -5.02. The Bertz CT molecular complexity index is 1530. The number of rotatable bonds is 9. The van der Waals surface area contributed by atoms with Gasteiger partial charge in [-0.3, -0.25) is 9.59 Å². The normalized spacial score (nSPS) is 20.6. The van der Waals surface area contributed by atoms with Gasteiger partial charge in [0.1, 0.15) is 11.9 Å². The Kier molecular flexibility index (Phi) is 7.17. The van der Waals surface area contributed by atoms with Crippen molar-refractivity contribution < 1.29 is 35.6 Å². The summed E-state index contributed by atoms with van der Waals surface area (Å²) >= 11 is 0. The van der Waals surface area contributed by atoms with E-state index in [9.17, 15) is 35.6 Å². The van der Waals surface area contributed by atoms with Crippen LogP contribution in [0.25, 0.3) is 0 Å². The van der Waals surface area contributed by atoms with E-state index in [1.54, 1.807) is 30.3 Å². The van der Waals surface area contributed by atoms with Crippen LogP contribution in [-0.2, 0) is 27.4 Å². The van der Waals surface area contributed by atoms with Crippen LogP contribution in [0.5, 0.6) is 0 Å². The highest BCUT2D eigenvalue weighted by Crippen LogP contribution is 2.57. The molecule has 12 heteroatoms. The highest BCUT2D eigenvalue weighted by atomic mass is 32.2. The van der Waals surface area contributed by atoms with Crippen molar-refractivity contribution in [3.8, 4) is 0 Å². The second-order valence-corrected chi connectivity index (χ2v) is 11.9. The summed E-state index contributed by atoms with van der Waals surface area (Å²) in [6.45, 7) is 0. The Morgan fingerprint density at radius 3 is 2.17 bits per heavy atom. The molecule has 7 nitrogen and oxygen atoms in total. The average molecular weight is 576 g/mol. The van der Waals surface area contributed by atoms with Crippen molar-refractivity contribution in [1.29, 1.82) is 0 Å². The number of alkyl halides is 3. The van der Waals surface area contributed by atoms with E-state index in [0.29, 0.717) is 36.8 Å². The molecule has 3 aromatic carbocycles. The van der Waals surface area contributed by atoms with Gasteiger partial charge in [-0.05, 0) is 73.2 Å². The SMILES string of the molecule is O=C(N[C@@H](Cc1ccccc1)C(=O)Nc1ccc(S(=O)(=O)NC23CC(C2)C3)c(C(F)(F)F)c1)c1ccc(F)cc1. The number of hydrogen-bond acceptors (Lipinski definition) is 4. The lowest BCUT2D eigenvalue weighted by molar-refractivity contribution is -0.140. The van der Waals surface area contributed by atoms with Gasteiger partial charge in [0.15, 0.2) is 0 Å². The van der Waals surface area contributed by atoms with E-state index in [1.807, 2.05) is 0 Å². The van der Waals surface area contributed by atoms with E-state index >= 15 is 0 Å². The maximum Gasteiger partial charge on any atom is 0.417 e. The Morgan fingerprint density at radius 2 is 1.60 bits per heavy atom. The quantitative estimate of drug-likeness (QED) is 0.323. The van der Waals surface area contributed by atoms with Crippen LogP contribution in [0.2, 0.25) is 0 Å². The summed E-state index contributed by atoms with van der Waals surface area (Å²) in [6, 6.07) is 14.5. The molecule has 0 spiro atoms. The lowest BCUT2D eigenvalue weighted by atomic mass is 9.50. The Balaban J connectivity index is 1.39. The first-order valence-corrected chi connectivity index (χ1v) is 14.0. The van der Waals surface area contributed by atoms with Gasteiger partial charge in [0.25, 0.3) is 5.91 Å². The summed E-state index contributed by atoms with van der Waals surface area (Å²) in [5, 5.41) is 4.91. The molecular formula is C28H25F4N3O4S. The monoisotopic (exact) mass is 575 g/mol. The Morgan fingerprint density at radius 1 is 0.950 bits per heavy atom. The molecule has 0 radical (unpaired) electrons. The molecule has 2 bridgehead atoms. The van der Waals surface area contributed by atoms with E-state index in [2.05, 4.69) is 15.4 Å².